The highest BCUT2D eigenvalue weighted by Crippen LogP contribution is 2.13. The summed E-state index contributed by atoms with van der Waals surface area (Å²) in [5.41, 5.74) is 16.5. The fourth-order valence-corrected chi connectivity index (χ4v) is 5.94. The normalized spacial score (nSPS) is 12.9. The van der Waals surface area contributed by atoms with Gasteiger partial charge in [-0.3, -0.25) is 57.9 Å². The molecule has 3 rings (SSSR count). The molecule has 0 saturated carbocycles. The number of aromatic nitrogens is 4. The summed E-state index contributed by atoms with van der Waals surface area (Å²) in [7, 11) is 1.14. The van der Waals surface area contributed by atoms with Crippen molar-refractivity contribution in [2.45, 2.75) is 81.7 Å². The molecule has 1 aromatic carbocycles. The second-order valence-corrected chi connectivity index (χ2v) is 14.5. The van der Waals surface area contributed by atoms with Gasteiger partial charge in [-0.25, -0.2) is 14.8 Å². The van der Waals surface area contributed by atoms with E-state index in [1.807, 2.05) is 5.32 Å². The Kier molecular flexibility index (Phi) is 20.0. The Balaban J connectivity index is 1.68. The number of nitrogens with zero attached hydrogens (tertiary/aromatic N) is 4. The summed E-state index contributed by atoms with van der Waals surface area (Å²) in [6, 6.07) is -3.20. The minimum atomic E-state index is -1.95. The fraction of sp³-hybridized carbons (Fsp3) is 0.395. The number of aliphatic imine (C=N–C) groups is 1. The Morgan fingerprint density at radius 1 is 0.706 bits per heavy atom. The standard InChI is InChI=1S/C38H49N15O15/c1-42-31(62)21(11-25(55)56)50-34(65)23(13-27(59)60)51-32(63)19(3-2-10-43-37(39)40)48-33(64)22(12-26(57)58)47-24(54)9-8-20(36(67)68)49-30(61)16-4-6-17(7-5-16)44-14-18-15-45-29-28(46-18)35(66)53-38(41)52-29/h4-7,15,19-23,44H,2-3,8-14H2,1H3,(H,42,62)(H,47,54)(H,48,64)(H,49,61)(H,50,65)(H,51,63)(H,55,56)(H,57,58)(H,59,60)(H,67,68)(H4,39,40,43)(H3,41,45,52,53,66)/t19-,20-,21-,22-,23-/m0/s1. The van der Waals surface area contributed by atoms with Crippen LogP contribution in [0.3, 0.4) is 0 Å². The minimum Gasteiger partial charge on any atom is -0.481 e. The Morgan fingerprint density at radius 2 is 1.25 bits per heavy atom. The number of nitrogens with two attached hydrogens (primary N) is 3. The lowest BCUT2D eigenvalue weighted by molar-refractivity contribution is -0.143. The molecule has 2 heterocycles. The molecule has 0 fully saturated rings. The molecule has 6 amide bonds. The molecule has 18 N–H and O–H groups in total. The monoisotopic (exact) mass is 955 g/mol. The molecule has 0 saturated heterocycles. The lowest BCUT2D eigenvalue weighted by Crippen LogP contribution is -2.58. The van der Waals surface area contributed by atoms with E-state index in [-0.39, 0.29) is 54.6 Å². The molecule has 0 unspecified atom stereocenters. The summed E-state index contributed by atoms with van der Waals surface area (Å²) in [6.07, 6.45) is -3.32. The molecule has 30 heteroatoms. The van der Waals surface area contributed by atoms with Crippen LogP contribution in [-0.2, 0) is 49.7 Å². The smallest absolute Gasteiger partial charge is 0.326 e. The zero-order chi connectivity index (χ0) is 50.7. The summed E-state index contributed by atoms with van der Waals surface area (Å²) in [6.45, 7) is -0.0179. The van der Waals surface area contributed by atoms with Gasteiger partial charge in [-0.1, -0.05) is 0 Å². The Bertz CT molecular complexity index is 2480. The van der Waals surface area contributed by atoms with Crippen LogP contribution in [0.1, 0.15) is 61.0 Å². The SMILES string of the molecule is CNC(=O)[C@H](CC(=O)O)NC(=O)[C@H](CC(=O)O)NC(=O)[C@H](CCCN=C(N)N)NC(=O)[C@H](CC(=O)O)NC(=O)CC[C@H](NC(=O)c1ccc(NCc2cnc3nc(N)[nH]c(=O)c3n2)cc1)C(=O)O. The van der Waals surface area contributed by atoms with Gasteiger partial charge in [0.25, 0.3) is 11.5 Å². The maximum absolute atomic E-state index is 13.5. The molecule has 0 spiro atoms. The van der Waals surface area contributed by atoms with Crippen molar-refractivity contribution in [1.82, 2.24) is 51.8 Å². The first-order valence-electron chi connectivity index (χ1n) is 20.1. The lowest BCUT2D eigenvalue weighted by atomic mass is 10.1. The van der Waals surface area contributed by atoms with E-state index >= 15 is 0 Å². The topological polar surface area (TPSA) is 498 Å². The number of aliphatic carboxylic acids is 4. The zero-order valence-corrected chi connectivity index (χ0v) is 35.9. The molecule has 68 heavy (non-hydrogen) atoms. The quantitative estimate of drug-likeness (QED) is 0.0193. The average molecular weight is 956 g/mol. The lowest BCUT2D eigenvalue weighted by Gasteiger charge is -2.25. The largest absolute Gasteiger partial charge is 0.481 e. The van der Waals surface area contributed by atoms with Gasteiger partial charge in [0.1, 0.15) is 30.2 Å². The highest BCUT2D eigenvalue weighted by atomic mass is 16.4. The molecule has 0 aliphatic heterocycles. The number of anilines is 2. The van der Waals surface area contributed by atoms with Crippen LogP contribution in [0.4, 0.5) is 11.6 Å². The first kappa shape index (κ1) is 53.3. The maximum Gasteiger partial charge on any atom is 0.326 e. The number of benzene rings is 1. The van der Waals surface area contributed by atoms with Crippen LogP contribution in [0.15, 0.2) is 40.2 Å². The molecular weight excluding hydrogens is 907 g/mol. The van der Waals surface area contributed by atoms with Gasteiger partial charge in [0.2, 0.25) is 35.5 Å². The van der Waals surface area contributed by atoms with Gasteiger partial charge in [-0.15, -0.1) is 0 Å². The van der Waals surface area contributed by atoms with Crippen LogP contribution >= 0.6 is 0 Å². The molecule has 2 aromatic heterocycles. The second-order valence-electron chi connectivity index (χ2n) is 14.5. The molecule has 0 radical (unpaired) electrons. The highest BCUT2D eigenvalue weighted by Gasteiger charge is 2.34. The Labute approximate surface area is 382 Å². The number of carboxylic acid groups (broad SMARTS) is 4. The van der Waals surface area contributed by atoms with Crippen molar-refractivity contribution in [2.24, 2.45) is 16.5 Å². The number of aromatic amines is 1. The van der Waals surface area contributed by atoms with Crippen molar-refractivity contribution >= 4 is 88.1 Å². The summed E-state index contributed by atoms with van der Waals surface area (Å²) >= 11 is 0. The van der Waals surface area contributed by atoms with Gasteiger partial charge >= 0.3 is 23.9 Å². The fourth-order valence-electron chi connectivity index (χ4n) is 5.94. The third-order valence-electron chi connectivity index (χ3n) is 9.25. The van der Waals surface area contributed by atoms with Gasteiger partial charge in [0, 0.05) is 31.3 Å². The van der Waals surface area contributed by atoms with E-state index in [2.05, 4.69) is 56.8 Å². The number of likely N-dealkylation sites (N-methyl/N-ethyl adjacent to an activating group) is 1. The van der Waals surface area contributed by atoms with Gasteiger partial charge < -0.3 is 74.8 Å². The van der Waals surface area contributed by atoms with Crippen LogP contribution in [0.25, 0.3) is 11.2 Å². The van der Waals surface area contributed by atoms with Gasteiger partial charge in [-0.2, -0.15) is 4.98 Å². The number of fused-ring (bicyclic) bond motifs is 1. The highest BCUT2D eigenvalue weighted by molar-refractivity contribution is 5.99. The number of carbonyl (C=O) groups excluding carboxylic acids is 6. The third kappa shape index (κ3) is 17.5. The molecule has 0 aliphatic carbocycles. The molecule has 30 nitrogen and oxygen atoms in total. The number of amides is 6. The van der Waals surface area contributed by atoms with Crippen molar-refractivity contribution in [3.63, 3.8) is 0 Å². The number of H-pyrrole nitrogens is 1. The number of rotatable bonds is 27. The van der Waals surface area contributed by atoms with Gasteiger partial charge in [0.15, 0.2) is 17.1 Å². The van der Waals surface area contributed by atoms with Crippen molar-refractivity contribution < 1.29 is 68.4 Å². The molecular formula is C38H49N15O15. The minimum absolute atomic E-state index is 0.0169. The van der Waals surface area contributed by atoms with E-state index in [4.69, 9.17) is 22.3 Å². The molecule has 5 atom stereocenters. The number of hydrogen-bond donors (Lipinski definition) is 15. The predicted molar refractivity (Wildman–Crippen MR) is 233 cm³/mol. The number of nitrogen functional groups attached to an aromatic ring is 1. The average Bonchev–Trinajstić information content (AvgIpc) is 3.26. The molecule has 0 aliphatic rings. The number of carboxylic acids is 4. The predicted octanol–water partition coefficient (Wildman–Crippen LogP) is -4.97. The van der Waals surface area contributed by atoms with Crippen molar-refractivity contribution in [2.75, 3.05) is 24.6 Å². The zero-order valence-electron chi connectivity index (χ0n) is 35.9. The number of nitrogens with one attached hydrogen (secondary N) is 8. The number of guanidine groups is 1. The van der Waals surface area contributed by atoms with E-state index in [1.165, 1.54) is 30.5 Å². The summed E-state index contributed by atoms with van der Waals surface area (Å²) in [5, 5.41) is 53.9. The molecule has 366 valence electrons. The van der Waals surface area contributed by atoms with Crippen molar-refractivity contribution in [3.8, 4) is 0 Å². The van der Waals surface area contributed by atoms with E-state index in [0.717, 1.165) is 7.05 Å². The van der Waals surface area contributed by atoms with E-state index in [1.54, 1.807) is 0 Å². The van der Waals surface area contributed by atoms with E-state index in [9.17, 15) is 68.1 Å². The number of hydrogen-bond acceptors (Lipinski definition) is 17. The van der Waals surface area contributed by atoms with E-state index < -0.39 is 127 Å². The Morgan fingerprint density at radius 3 is 1.79 bits per heavy atom. The van der Waals surface area contributed by atoms with E-state index in [0.29, 0.717) is 11.4 Å². The molecule has 0 bridgehead atoms. The summed E-state index contributed by atoms with van der Waals surface area (Å²) in [5.74, 6) is -13.4. The second kappa shape index (κ2) is 25.5. The third-order valence-corrected chi connectivity index (χ3v) is 9.25. The summed E-state index contributed by atoms with van der Waals surface area (Å²) in [4.78, 5) is 156. The molecule has 3 aromatic rings. The van der Waals surface area contributed by atoms with Crippen LogP contribution in [0, 0.1) is 0 Å². The summed E-state index contributed by atoms with van der Waals surface area (Å²) < 4.78 is 0. The first-order chi connectivity index (χ1) is 32.1. The van der Waals surface area contributed by atoms with Crippen molar-refractivity contribution in [3.05, 3.63) is 52.1 Å². The van der Waals surface area contributed by atoms with Crippen LogP contribution < -0.4 is 60.0 Å². The van der Waals surface area contributed by atoms with Crippen molar-refractivity contribution in [1.29, 1.82) is 0 Å². The Hall–Kier alpha value is -8.99. The van der Waals surface area contributed by atoms with Crippen LogP contribution in [-0.4, -0.2) is 149 Å². The van der Waals surface area contributed by atoms with Gasteiger partial charge in [-0.05, 0) is 43.5 Å². The number of carbonyl (C=O) groups is 10. The van der Waals surface area contributed by atoms with Crippen LogP contribution in [0.5, 0.6) is 0 Å². The van der Waals surface area contributed by atoms with Gasteiger partial charge in [0.05, 0.1) is 37.7 Å². The maximum atomic E-state index is 13.5. The first-order valence-corrected chi connectivity index (χ1v) is 20.1. The van der Waals surface area contributed by atoms with Crippen LogP contribution in [0.2, 0.25) is 0 Å².